The first-order valence-electron chi connectivity index (χ1n) is 5.09. The molecule has 0 amide bonds. The Labute approximate surface area is 94.0 Å². The number of benzene rings is 1. The second-order valence-corrected chi connectivity index (χ2v) is 3.68. The smallest absolute Gasteiger partial charge is 0.124 e. The molecule has 1 rings (SSSR count). The highest BCUT2D eigenvalue weighted by Crippen LogP contribution is 2.31. The van der Waals surface area contributed by atoms with Crippen LogP contribution < -0.4 is 5.32 Å². The van der Waals surface area contributed by atoms with Gasteiger partial charge < -0.3 is 25.7 Å². The summed E-state index contributed by atoms with van der Waals surface area (Å²) >= 11 is 0. The number of phenols is 2. The highest BCUT2D eigenvalue weighted by atomic mass is 16.3. The van der Waals surface area contributed by atoms with E-state index < -0.39 is 6.10 Å². The van der Waals surface area contributed by atoms with E-state index in [1.807, 2.05) is 0 Å². The van der Waals surface area contributed by atoms with Gasteiger partial charge in [0.15, 0.2) is 0 Å². The number of rotatable bonds is 5. The third-order valence-electron chi connectivity index (χ3n) is 2.36. The molecule has 5 heteroatoms. The summed E-state index contributed by atoms with van der Waals surface area (Å²) in [6.07, 6.45) is -0.851. The maximum Gasteiger partial charge on any atom is 0.124 e. The Bertz CT molecular complexity index is 323. The number of hydrogen-bond acceptors (Lipinski definition) is 5. The predicted octanol–water partition coefficient (Wildman–Crippen LogP) is 0.102. The summed E-state index contributed by atoms with van der Waals surface area (Å²) in [4.78, 5) is 0. The van der Waals surface area contributed by atoms with Crippen LogP contribution in [0.1, 0.15) is 18.5 Å². The van der Waals surface area contributed by atoms with Crippen molar-refractivity contribution < 1.29 is 20.4 Å². The first-order valence-corrected chi connectivity index (χ1v) is 5.09. The monoisotopic (exact) mass is 227 g/mol. The summed E-state index contributed by atoms with van der Waals surface area (Å²) in [5.41, 5.74) is 0.382. The zero-order valence-corrected chi connectivity index (χ0v) is 9.09. The second-order valence-electron chi connectivity index (χ2n) is 3.68. The van der Waals surface area contributed by atoms with E-state index in [9.17, 15) is 10.2 Å². The van der Waals surface area contributed by atoms with Gasteiger partial charge in [0.05, 0.1) is 18.3 Å². The Morgan fingerprint density at radius 2 is 1.81 bits per heavy atom. The van der Waals surface area contributed by atoms with Crippen LogP contribution in [0.2, 0.25) is 0 Å². The summed E-state index contributed by atoms with van der Waals surface area (Å²) in [6.45, 7) is 1.61. The van der Waals surface area contributed by atoms with E-state index in [0.29, 0.717) is 5.56 Å². The van der Waals surface area contributed by atoms with E-state index in [1.165, 1.54) is 12.1 Å². The minimum absolute atomic E-state index is 0.00140. The summed E-state index contributed by atoms with van der Waals surface area (Å²) in [5, 5.41) is 39.8. The minimum Gasteiger partial charge on any atom is -0.507 e. The van der Waals surface area contributed by atoms with E-state index >= 15 is 0 Å². The maximum atomic E-state index is 9.57. The largest absolute Gasteiger partial charge is 0.507 e. The number of hydrogen-bond donors (Lipinski definition) is 5. The van der Waals surface area contributed by atoms with Gasteiger partial charge in [-0.2, -0.15) is 0 Å². The van der Waals surface area contributed by atoms with Gasteiger partial charge in [-0.05, 0) is 19.1 Å². The normalized spacial score (nSPS) is 14.7. The summed E-state index contributed by atoms with van der Waals surface area (Å²) < 4.78 is 0. The van der Waals surface area contributed by atoms with Gasteiger partial charge in [0.2, 0.25) is 0 Å². The van der Waals surface area contributed by atoms with E-state index in [1.54, 1.807) is 13.0 Å². The van der Waals surface area contributed by atoms with Gasteiger partial charge in [-0.3, -0.25) is 0 Å². The number of aliphatic hydroxyl groups is 2. The lowest BCUT2D eigenvalue weighted by Crippen LogP contribution is -2.31. The van der Waals surface area contributed by atoms with Crippen molar-refractivity contribution >= 4 is 0 Å². The Morgan fingerprint density at radius 3 is 2.31 bits per heavy atom. The lowest BCUT2D eigenvalue weighted by molar-refractivity contribution is 0.0922. The van der Waals surface area contributed by atoms with Crippen molar-refractivity contribution in [2.45, 2.75) is 19.1 Å². The average Bonchev–Trinajstić information content (AvgIpc) is 2.25. The average molecular weight is 227 g/mol. The molecule has 0 radical (unpaired) electrons. The predicted molar refractivity (Wildman–Crippen MR) is 59.3 cm³/mol. The van der Waals surface area contributed by atoms with Crippen molar-refractivity contribution in [3.63, 3.8) is 0 Å². The van der Waals surface area contributed by atoms with Crippen LogP contribution in [0.15, 0.2) is 18.2 Å². The Balaban J connectivity index is 2.69. The van der Waals surface area contributed by atoms with Crippen LogP contribution >= 0.6 is 0 Å². The fourth-order valence-corrected chi connectivity index (χ4v) is 1.46. The maximum absolute atomic E-state index is 9.57. The van der Waals surface area contributed by atoms with E-state index in [0.717, 1.165) is 0 Å². The number of aromatic hydroxyl groups is 2. The van der Waals surface area contributed by atoms with Crippen molar-refractivity contribution in [3.05, 3.63) is 23.8 Å². The van der Waals surface area contributed by atoms with Crippen LogP contribution in [-0.4, -0.2) is 39.7 Å². The fraction of sp³-hybridized carbons (Fsp3) is 0.455. The van der Waals surface area contributed by atoms with E-state index in [2.05, 4.69) is 5.32 Å². The van der Waals surface area contributed by atoms with Gasteiger partial charge in [0.25, 0.3) is 0 Å². The number of aliphatic hydroxyl groups excluding tert-OH is 2. The Hall–Kier alpha value is -1.30. The van der Waals surface area contributed by atoms with E-state index in [4.69, 9.17) is 10.2 Å². The van der Waals surface area contributed by atoms with Gasteiger partial charge in [0.1, 0.15) is 11.5 Å². The molecular formula is C11H17NO4. The van der Waals surface area contributed by atoms with Crippen LogP contribution in [0.25, 0.3) is 0 Å². The quantitative estimate of drug-likeness (QED) is 0.492. The van der Waals surface area contributed by atoms with Crippen molar-refractivity contribution in [3.8, 4) is 11.5 Å². The molecule has 0 bridgehead atoms. The molecule has 5 nitrogen and oxygen atoms in total. The van der Waals surface area contributed by atoms with Crippen LogP contribution in [-0.2, 0) is 0 Å². The summed E-state index contributed by atoms with van der Waals surface area (Å²) in [6, 6.07) is 4.19. The van der Waals surface area contributed by atoms with Crippen LogP contribution in [0, 0.1) is 0 Å². The summed E-state index contributed by atoms with van der Waals surface area (Å²) in [7, 11) is 0. The summed E-state index contributed by atoms with van der Waals surface area (Å²) in [5.74, 6) is -0.00280. The molecule has 1 aromatic carbocycles. The van der Waals surface area contributed by atoms with Gasteiger partial charge >= 0.3 is 0 Å². The van der Waals surface area contributed by atoms with Crippen molar-refractivity contribution in [2.75, 3.05) is 13.2 Å². The molecule has 16 heavy (non-hydrogen) atoms. The molecule has 0 spiro atoms. The molecule has 1 aromatic rings. The van der Waals surface area contributed by atoms with Gasteiger partial charge in [-0.15, -0.1) is 0 Å². The molecule has 0 aliphatic heterocycles. The minimum atomic E-state index is -0.851. The lowest BCUT2D eigenvalue weighted by atomic mass is 10.1. The molecule has 0 aromatic heterocycles. The standard InChI is InChI=1S/C11H17NO4/c1-7(12-5-8(14)6-13)11-9(15)3-2-4-10(11)16/h2-4,7-8,12-16H,5-6H2,1H3. The van der Waals surface area contributed by atoms with Crippen molar-refractivity contribution in [1.82, 2.24) is 5.32 Å². The Kier molecular flexibility index (Phi) is 4.54. The molecular weight excluding hydrogens is 210 g/mol. The van der Waals surface area contributed by atoms with E-state index in [-0.39, 0.29) is 30.7 Å². The molecule has 2 atom stereocenters. The molecule has 0 fully saturated rings. The molecule has 0 heterocycles. The SMILES string of the molecule is CC(NCC(O)CO)c1c(O)cccc1O. The zero-order chi connectivity index (χ0) is 12.1. The van der Waals surface area contributed by atoms with Gasteiger partial charge in [0, 0.05) is 12.6 Å². The Morgan fingerprint density at radius 1 is 1.25 bits per heavy atom. The number of phenolic OH excluding ortho intramolecular Hbond substituents is 2. The van der Waals surface area contributed by atoms with Gasteiger partial charge in [-0.25, -0.2) is 0 Å². The molecule has 0 aliphatic rings. The third kappa shape index (κ3) is 3.10. The van der Waals surface area contributed by atoms with Crippen LogP contribution in [0.4, 0.5) is 0 Å². The van der Waals surface area contributed by atoms with Crippen LogP contribution in [0.3, 0.4) is 0 Å². The lowest BCUT2D eigenvalue weighted by Gasteiger charge is -2.18. The van der Waals surface area contributed by atoms with Crippen LogP contribution in [0.5, 0.6) is 11.5 Å². The first kappa shape index (κ1) is 12.8. The number of nitrogens with one attached hydrogen (secondary N) is 1. The molecule has 0 saturated heterocycles. The molecule has 2 unspecified atom stereocenters. The van der Waals surface area contributed by atoms with Crippen molar-refractivity contribution in [1.29, 1.82) is 0 Å². The second kappa shape index (κ2) is 5.69. The highest BCUT2D eigenvalue weighted by molar-refractivity contribution is 5.44. The van der Waals surface area contributed by atoms with Crippen molar-refractivity contribution in [2.24, 2.45) is 0 Å². The highest BCUT2D eigenvalue weighted by Gasteiger charge is 2.15. The van der Waals surface area contributed by atoms with Gasteiger partial charge in [-0.1, -0.05) is 6.07 Å². The first-order chi connectivity index (χ1) is 7.56. The zero-order valence-electron chi connectivity index (χ0n) is 9.09. The molecule has 0 aliphatic carbocycles. The molecule has 90 valence electrons. The molecule has 0 saturated carbocycles. The third-order valence-corrected chi connectivity index (χ3v) is 2.36. The topological polar surface area (TPSA) is 93.0 Å². The molecule has 5 N–H and O–H groups in total. The fourth-order valence-electron chi connectivity index (χ4n) is 1.46.